The van der Waals surface area contributed by atoms with Crippen LogP contribution in [0.3, 0.4) is 0 Å². The van der Waals surface area contributed by atoms with Gasteiger partial charge in [-0.25, -0.2) is 0 Å². The molecule has 1 aromatic carbocycles. The number of nitrogens with one attached hydrogen (secondary N) is 1. The highest BCUT2D eigenvalue weighted by molar-refractivity contribution is 5.96. The van der Waals surface area contributed by atoms with Gasteiger partial charge in [-0.3, -0.25) is 4.79 Å². The fourth-order valence-corrected chi connectivity index (χ4v) is 2.57. The third kappa shape index (κ3) is 3.07. The highest BCUT2D eigenvalue weighted by Crippen LogP contribution is 2.27. The Balaban J connectivity index is 2.14. The zero-order valence-corrected chi connectivity index (χ0v) is 12.1. The molecule has 1 fully saturated rings. The van der Waals surface area contributed by atoms with Crippen molar-refractivity contribution in [1.29, 1.82) is 0 Å². The van der Waals surface area contributed by atoms with Crippen molar-refractivity contribution < 1.29 is 9.53 Å². The molecule has 1 aliphatic heterocycles. The molecule has 1 N–H and O–H groups in total. The van der Waals surface area contributed by atoms with Crippen LogP contribution in [0.5, 0.6) is 5.75 Å². The van der Waals surface area contributed by atoms with Crippen molar-refractivity contribution in [3.05, 3.63) is 23.8 Å². The molecule has 0 bridgehead atoms. The standard InChI is InChI=1S/C15H22N2O2/c1-10(2)16-12-8-15(18)17(9-12)13-5-6-14(19-4)11(3)7-13/h5-7,10,12,16H,8-9H2,1-4H3. The summed E-state index contributed by atoms with van der Waals surface area (Å²) in [5, 5.41) is 3.42. The molecule has 4 nitrogen and oxygen atoms in total. The summed E-state index contributed by atoms with van der Waals surface area (Å²) < 4.78 is 5.25. The van der Waals surface area contributed by atoms with Gasteiger partial charge in [0.2, 0.25) is 5.91 Å². The molecule has 0 saturated carbocycles. The Bertz CT molecular complexity index is 471. The number of methoxy groups -OCH3 is 1. The van der Waals surface area contributed by atoms with E-state index in [1.54, 1.807) is 7.11 Å². The van der Waals surface area contributed by atoms with Gasteiger partial charge in [-0.2, -0.15) is 0 Å². The van der Waals surface area contributed by atoms with Crippen molar-refractivity contribution in [2.24, 2.45) is 0 Å². The lowest BCUT2D eigenvalue weighted by atomic mass is 10.2. The van der Waals surface area contributed by atoms with E-state index in [2.05, 4.69) is 19.2 Å². The third-order valence-corrected chi connectivity index (χ3v) is 3.38. The Hall–Kier alpha value is -1.55. The molecular formula is C15H22N2O2. The molecule has 1 aromatic rings. The van der Waals surface area contributed by atoms with Crippen LogP contribution in [0, 0.1) is 6.92 Å². The summed E-state index contributed by atoms with van der Waals surface area (Å²) >= 11 is 0. The predicted octanol–water partition coefficient (Wildman–Crippen LogP) is 2.11. The monoisotopic (exact) mass is 262 g/mol. The normalized spacial score (nSPS) is 19.3. The van der Waals surface area contributed by atoms with E-state index in [-0.39, 0.29) is 11.9 Å². The second-order valence-corrected chi connectivity index (χ2v) is 5.38. The van der Waals surface area contributed by atoms with Crippen molar-refractivity contribution in [3.8, 4) is 5.75 Å². The van der Waals surface area contributed by atoms with Gasteiger partial charge in [-0.15, -0.1) is 0 Å². The Morgan fingerprint density at radius 3 is 2.74 bits per heavy atom. The number of aryl methyl sites for hydroxylation is 1. The van der Waals surface area contributed by atoms with Crippen LogP contribution in [-0.2, 0) is 4.79 Å². The molecule has 0 spiro atoms. The summed E-state index contributed by atoms with van der Waals surface area (Å²) in [6.45, 7) is 6.94. The number of hydrogen-bond acceptors (Lipinski definition) is 3. The SMILES string of the molecule is COc1ccc(N2CC(NC(C)C)CC2=O)cc1C. The summed E-state index contributed by atoms with van der Waals surface area (Å²) in [7, 11) is 1.66. The number of anilines is 1. The van der Waals surface area contributed by atoms with Crippen LogP contribution in [0.2, 0.25) is 0 Å². The molecule has 1 heterocycles. The van der Waals surface area contributed by atoms with Crippen molar-refractivity contribution in [1.82, 2.24) is 5.32 Å². The van der Waals surface area contributed by atoms with Gasteiger partial charge in [0.05, 0.1) is 7.11 Å². The van der Waals surface area contributed by atoms with Crippen molar-refractivity contribution in [3.63, 3.8) is 0 Å². The van der Waals surface area contributed by atoms with Crippen molar-refractivity contribution in [2.45, 2.75) is 39.3 Å². The van der Waals surface area contributed by atoms with Gasteiger partial charge in [0.1, 0.15) is 5.75 Å². The Morgan fingerprint density at radius 2 is 2.16 bits per heavy atom. The van der Waals surface area contributed by atoms with Gasteiger partial charge in [0.25, 0.3) is 0 Å². The minimum atomic E-state index is 0.183. The van der Waals surface area contributed by atoms with Gasteiger partial charge in [-0.1, -0.05) is 13.8 Å². The molecule has 0 aliphatic carbocycles. The quantitative estimate of drug-likeness (QED) is 0.903. The molecule has 1 saturated heterocycles. The first-order valence-corrected chi connectivity index (χ1v) is 6.72. The number of benzene rings is 1. The first kappa shape index (κ1) is 13.9. The van der Waals surface area contributed by atoms with E-state index in [9.17, 15) is 4.79 Å². The number of ether oxygens (including phenoxy) is 1. The van der Waals surface area contributed by atoms with Gasteiger partial charge in [-0.05, 0) is 30.7 Å². The minimum Gasteiger partial charge on any atom is -0.496 e. The second-order valence-electron chi connectivity index (χ2n) is 5.38. The van der Waals surface area contributed by atoms with Crippen LogP contribution in [0.15, 0.2) is 18.2 Å². The Labute approximate surface area is 114 Å². The Morgan fingerprint density at radius 1 is 1.42 bits per heavy atom. The van der Waals surface area contributed by atoms with Gasteiger partial charge >= 0.3 is 0 Å². The van der Waals surface area contributed by atoms with E-state index < -0.39 is 0 Å². The van der Waals surface area contributed by atoms with E-state index in [4.69, 9.17) is 4.74 Å². The van der Waals surface area contributed by atoms with E-state index >= 15 is 0 Å². The van der Waals surface area contributed by atoms with Gasteiger partial charge in [0, 0.05) is 30.7 Å². The lowest BCUT2D eigenvalue weighted by molar-refractivity contribution is -0.117. The number of nitrogens with zero attached hydrogens (tertiary/aromatic N) is 1. The number of hydrogen-bond donors (Lipinski definition) is 1. The molecule has 2 rings (SSSR count). The summed E-state index contributed by atoms with van der Waals surface area (Å²) in [6.07, 6.45) is 0.573. The fraction of sp³-hybridized carbons (Fsp3) is 0.533. The average Bonchev–Trinajstić information content (AvgIpc) is 2.69. The van der Waals surface area contributed by atoms with E-state index in [1.165, 1.54) is 0 Å². The maximum Gasteiger partial charge on any atom is 0.228 e. The summed E-state index contributed by atoms with van der Waals surface area (Å²) in [5.74, 6) is 1.04. The van der Waals surface area contributed by atoms with Crippen molar-refractivity contribution in [2.75, 3.05) is 18.6 Å². The molecule has 1 amide bonds. The Kier molecular flexibility index (Phi) is 4.10. The molecule has 1 unspecified atom stereocenters. The summed E-state index contributed by atoms with van der Waals surface area (Å²) in [5.41, 5.74) is 2.00. The predicted molar refractivity (Wildman–Crippen MR) is 76.8 cm³/mol. The zero-order valence-electron chi connectivity index (χ0n) is 12.1. The largest absolute Gasteiger partial charge is 0.496 e. The summed E-state index contributed by atoms with van der Waals surface area (Å²) in [4.78, 5) is 13.9. The van der Waals surface area contributed by atoms with Crippen LogP contribution in [0.1, 0.15) is 25.8 Å². The molecule has 104 valence electrons. The van der Waals surface area contributed by atoms with Crippen LogP contribution in [0.25, 0.3) is 0 Å². The van der Waals surface area contributed by atoms with E-state index in [1.807, 2.05) is 30.0 Å². The first-order valence-electron chi connectivity index (χ1n) is 6.72. The first-order chi connectivity index (χ1) is 9.01. The smallest absolute Gasteiger partial charge is 0.228 e. The second kappa shape index (κ2) is 5.61. The molecule has 1 aliphatic rings. The molecular weight excluding hydrogens is 240 g/mol. The lowest BCUT2D eigenvalue weighted by Gasteiger charge is -2.19. The maximum absolute atomic E-state index is 12.1. The van der Waals surface area contributed by atoms with E-state index in [0.29, 0.717) is 12.5 Å². The highest BCUT2D eigenvalue weighted by atomic mass is 16.5. The molecule has 1 atom stereocenters. The van der Waals surface area contributed by atoms with Crippen LogP contribution in [-0.4, -0.2) is 31.6 Å². The van der Waals surface area contributed by atoms with E-state index in [0.717, 1.165) is 23.5 Å². The summed E-state index contributed by atoms with van der Waals surface area (Å²) in [6, 6.07) is 6.52. The molecule has 0 radical (unpaired) electrons. The maximum atomic E-state index is 12.1. The van der Waals surface area contributed by atoms with Crippen molar-refractivity contribution >= 4 is 11.6 Å². The zero-order chi connectivity index (χ0) is 14.0. The molecule has 0 aromatic heterocycles. The average molecular weight is 262 g/mol. The number of rotatable bonds is 4. The minimum absolute atomic E-state index is 0.183. The van der Waals surface area contributed by atoms with Crippen LogP contribution in [0.4, 0.5) is 5.69 Å². The third-order valence-electron chi connectivity index (χ3n) is 3.38. The topological polar surface area (TPSA) is 41.6 Å². The molecule has 19 heavy (non-hydrogen) atoms. The van der Waals surface area contributed by atoms with Gasteiger partial charge < -0.3 is 15.0 Å². The van der Waals surface area contributed by atoms with Crippen LogP contribution < -0.4 is 15.0 Å². The van der Waals surface area contributed by atoms with Gasteiger partial charge in [0.15, 0.2) is 0 Å². The molecule has 4 heteroatoms. The number of carbonyl (C=O) groups excluding carboxylic acids is 1. The number of amides is 1. The van der Waals surface area contributed by atoms with Crippen LogP contribution >= 0.6 is 0 Å². The highest BCUT2D eigenvalue weighted by Gasteiger charge is 2.30. The fourth-order valence-electron chi connectivity index (χ4n) is 2.57. The number of carbonyl (C=O) groups is 1. The lowest BCUT2D eigenvalue weighted by Crippen LogP contribution is -2.37.